The van der Waals surface area contributed by atoms with Gasteiger partial charge in [0.2, 0.25) is 0 Å². The predicted molar refractivity (Wildman–Crippen MR) is 112 cm³/mol. The molecule has 1 aliphatic heterocycles. The summed E-state index contributed by atoms with van der Waals surface area (Å²) in [5, 5.41) is 10.9. The van der Waals surface area contributed by atoms with Gasteiger partial charge in [0.25, 0.3) is 11.6 Å². The fourth-order valence-corrected chi connectivity index (χ4v) is 3.31. The summed E-state index contributed by atoms with van der Waals surface area (Å²) in [6.07, 6.45) is 3.78. The molecule has 0 unspecified atom stereocenters. The number of nitro benzene ring substituents is 1. The summed E-state index contributed by atoms with van der Waals surface area (Å²) in [5.41, 5.74) is 2.07. The lowest BCUT2D eigenvalue weighted by Gasteiger charge is -2.21. The quantitative estimate of drug-likeness (QED) is 0.387. The Hall–Kier alpha value is -3.81. The number of benzene rings is 2. The number of rotatable bonds is 3. The van der Waals surface area contributed by atoms with Crippen molar-refractivity contribution in [2.75, 3.05) is 29.9 Å². The van der Waals surface area contributed by atoms with Gasteiger partial charge in [-0.05, 0) is 30.2 Å². The van der Waals surface area contributed by atoms with Crippen molar-refractivity contribution in [3.8, 4) is 0 Å². The average Bonchev–Trinajstić information content (AvgIpc) is 2.89. The Balaban J connectivity index is 1.68. The third kappa shape index (κ3) is 3.77. The molecule has 0 saturated carbocycles. The van der Waals surface area contributed by atoms with Crippen molar-refractivity contribution < 1.29 is 9.72 Å². The van der Waals surface area contributed by atoms with Crippen LogP contribution in [0.2, 0.25) is 0 Å². The molecule has 0 bridgehead atoms. The first-order valence-electron chi connectivity index (χ1n) is 9.25. The molecule has 0 N–H and O–H groups in total. The number of para-hydroxylation sites is 2. The zero-order valence-electron chi connectivity index (χ0n) is 15.9. The van der Waals surface area contributed by atoms with Crippen molar-refractivity contribution in [1.82, 2.24) is 9.97 Å². The van der Waals surface area contributed by atoms with Crippen molar-refractivity contribution in [3.63, 3.8) is 0 Å². The first kappa shape index (κ1) is 18.5. The summed E-state index contributed by atoms with van der Waals surface area (Å²) in [6.45, 7) is 1.28. The molecule has 146 valence electrons. The predicted octanol–water partition coefficient (Wildman–Crippen LogP) is 3.42. The van der Waals surface area contributed by atoms with Crippen LogP contribution in [0.5, 0.6) is 0 Å². The summed E-state index contributed by atoms with van der Waals surface area (Å²) >= 11 is 0. The van der Waals surface area contributed by atoms with Crippen molar-refractivity contribution in [2.24, 2.45) is 0 Å². The van der Waals surface area contributed by atoms with E-state index >= 15 is 0 Å². The maximum absolute atomic E-state index is 13.0. The number of carbonyl (C=O) groups is 1. The molecule has 4 rings (SSSR count). The van der Waals surface area contributed by atoms with Gasteiger partial charge in [0.15, 0.2) is 11.6 Å². The van der Waals surface area contributed by atoms with E-state index in [1.807, 2.05) is 36.2 Å². The Bertz CT molecular complexity index is 1130. The Labute approximate surface area is 167 Å². The third-order valence-electron chi connectivity index (χ3n) is 4.79. The van der Waals surface area contributed by atoms with Gasteiger partial charge in [-0.25, -0.2) is 9.97 Å². The number of non-ortho nitro benzene ring substituents is 1. The second kappa shape index (κ2) is 7.67. The molecule has 0 atom stereocenters. The summed E-state index contributed by atoms with van der Waals surface area (Å²) in [4.78, 5) is 36.5. The number of hydrogen-bond acceptors (Lipinski definition) is 6. The number of nitro groups is 1. The van der Waals surface area contributed by atoms with Crippen molar-refractivity contribution >= 4 is 40.3 Å². The highest BCUT2D eigenvalue weighted by atomic mass is 16.6. The van der Waals surface area contributed by atoms with Crippen LogP contribution in [0.4, 0.5) is 17.3 Å². The summed E-state index contributed by atoms with van der Waals surface area (Å²) < 4.78 is 0. The minimum absolute atomic E-state index is 0.0151. The highest BCUT2D eigenvalue weighted by Crippen LogP contribution is 2.30. The average molecular weight is 389 g/mol. The van der Waals surface area contributed by atoms with Gasteiger partial charge in [-0.2, -0.15) is 0 Å². The molecular formula is C21H19N5O3. The Morgan fingerprint density at radius 2 is 1.79 bits per heavy atom. The lowest BCUT2D eigenvalue weighted by atomic mass is 10.2. The number of nitrogens with zero attached hydrogens (tertiary/aromatic N) is 5. The highest BCUT2D eigenvalue weighted by Gasteiger charge is 2.25. The van der Waals surface area contributed by atoms with Crippen LogP contribution < -0.4 is 9.80 Å². The van der Waals surface area contributed by atoms with Gasteiger partial charge in [-0.1, -0.05) is 24.3 Å². The minimum Gasteiger partial charge on any atom is -0.357 e. The molecule has 1 amide bonds. The van der Waals surface area contributed by atoms with Crippen molar-refractivity contribution in [1.29, 1.82) is 0 Å². The topological polar surface area (TPSA) is 92.5 Å². The van der Waals surface area contributed by atoms with Crippen molar-refractivity contribution in [3.05, 3.63) is 70.3 Å². The van der Waals surface area contributed by atoms with Crippen LogP contribution in [0.3, 0.4) is 0 Å². The van der Waals surface area contributed by atoms with E-state index in [4.69, 9.17) is 9.97 Å². The van der Waals surface area contributed by atoms with Crippen LogP contribution in [-0.4, -0.2) is 40.9 Å². The van der Waals surface area contributed by atoms with E-state index in [1.165, 1.54) is 18.2 Å². The molecule has 0 aliphatic carbocycles. The van der Waals surface area contributed by atoms with Gasteiger partial charge in [0.1, 0.15) is 0 Å². The molecule has 0 saturated heterocycles. The summed E-state index contributed by atoms with van der Waals surface area (Å²) in [5.74, 6) is 0.952. The van der Waals surface area contributed by atoms with Gasteiger partial charge >= 0.3 is 0 Å². The second-order valence-electron chi connectivity index (χ2n) is 6.81. The molecule has 3 aromatic rings. The van der Waals surface area contributed by atoms with E-state index in [2.05, 4.69) is 0 Å². The molecule has 2 aromatic carbocycles. The number of amides is 1. The number of hydrogen-bond donors (Lipinski definition) is 0. The smallest absolute Gasteiger partial charge is 0.270 e. The van der Waals surface area contributed by atoms with Crippen LogP contribution >= 0.6 is 0 Å². The molecule has 29 heavy (non-hydrogen) atoms. The minimum atomic E-state index is -0.458. The molecule has 8 heteroatoms. The molecular weight excluding hydrogens is 370 g/mol. The molecule has 0 fully saturated rings. The van der Waals surface area contributed by atoms with Crippen LogP contribution in [-0.2, 0) is 4.79 Å². The molecule has 1 aliphatic rings. The van der Waals surface area contributed by atoms with E-state index in [-0.39, 0.29) is 11.6 Å². The standard InChI is InChI=1S/C21H19N5O3/c1-24-12-5-13-25(21-20(24)22-17-8-2-3-9-18(17)23-21)19(27)11-10-15-6-4-7-16(14-15)26(28)29/h2-4,6-11,14H,5,12-13H2,1H3/b11-10+. The number of carbonyl (C=O) groups excluding carboxylic acids is 1. The monoisotopic (exact) mass is 389 g/mol. The normalized spacial score (nSPS) is 14.1. The number of anilines is 2. The van der Waals surface area contributed by atoms with Gasteiger partial charge in [0, 0.05) is 38.3 Å². The largest absolute Gasteiger partial charge is 0.357 e. The van der Waals surface area contributed by atoms with Crippen molar-refractivity contribution in [2.45, 2.75) is 6.42 Å². The third-order valence-corrected chi connectivity index (χ3v) is 4.79. The van der Waals surface area contributed by atoms with Gasteiger partial charge in [0.05, 0.1) is 16.0 Å². The van der Waals surface area contributed by atoms with Crippen LogP contribution in [0, 0.1) is 10.1 Å². The highest BCUT2D eigenvalue weighted by molar-refractivity contribution is 6.05. The number of aromatic nitrogens is 2. The maximum atomic E-state index is 13.0. The second-order valence-corrected chi connectivity index (χ2v) is 6.81. The summed E-state index contributed by atoms with van der Waals surface area (Å²) in [6, 6.07) is 13.7. The number of fused-ring (bicyclic) bond motifs is 2. The van der Waals surface area contributed by atoms with E-state index in [0.717, 1.165) is 24.0 Å². The van der Waals surface area contributed by atoms with E-state index in [1.54, 1.807) is 23.1 Å². The molecule has 1 aromatic heterocycles. The van der Waals surface area contributed by atoms with Crippen LogP contribution in [0.25, 0.3) is 17.1 Å². The van der Waals surface area contributed by atoms with E-state index in [9.17, 15) is 14.9 Å². The fraction of sp³-hybridized carbons (Fsp3) is 0.190. The zero-order chi connectivity index (χ0) is 20.4. The first-order valence-corrected chi connectivity index (χ1v) is 9.25. The maximum Gasteiger partial charge on any atom is 0.270 e. The molecule has 0 spiro atoms. The van der Waals surface area contributed by atoms with E-state index < -0.39 is 4.92 Å². The zero-order valence-corrected chi connectivity index (χ0v) is 15.9. The fourth-order valence-electron chi connectivity index (χ4n) is 3.31. The van der Waals surface area contributed by atoms with Crippen LogP contribution in [0.15, 0.2) is 54.6 Å². The Morgan fingerprint density at radius 1 is 1.07 bits per heavy atom. The van der Waals surface area contributed by atoms with Crippen LogP contribution in [0.1, 0.15) is 12.0 Å². The summed E-state index contributed by atoms with van der Waals surface area (Å²) in [7, 11) is 1.94. The van der Waals surface area contributed by atoms with Gasteiger partial charge < -0.3 is 4.90 Å². The molecule has 2 heterocycles. The van der Waals surface area contributed by atoms with Gasteiger partial charge in [-0.15, -0.1) is 0 Å². The first-order chi connectivity index (χ1) is 14.0. The lowest BCUT2D eigenvalue weighted by Crippen LogP contribution is -2.30. The molecule has 0 radical (unpaired) electrons. The van der Waals surface area contributed by atoms with Gasteiger partial charge in [-0.3, -0.25) is 19.8 Å². The Kier molecular flexibility index (Phi) is 4.90. The molecule has 8 nitrogen and oxygen atoms in total. The lowest BCUT2D eigenvalue weighted by molar-refractivity contribution is -0.384. The van der Waals surface area contributed by atoms with E-state index in [0.29, 0.717) is 23.7 Å². The SMILES string of the molecule is CN1CCCN(C(=O)/C=C/c2cccc([N+](=O)[O-])c2)c2nc3ccccc3nc21. The Morgan fingerprint density at radius 3 is 2.52 bits per heavy atom.